The third-order valence-corrected chi connectivity index (χ3v) is 5.36. The molecule has 2 aliphatic heterocycles. The number of fused-ring (bicyclic) bond motifs is 1. The van der Waals surface area contributed by atoms with E-state index in [9.17, 15) is 13.2 Å². The highest BCUT2D eigenvalue weighted by molar-refractivity contribution is 5.85. The van der Waals surface area contributed by atoms with E-state index in [1.807, 2.05) is 11.0 Å². The lowest BCUT2D eigenvalue weighted by Gasteiger charge is -2.35. The van der Waals surface area contributed by atoms with Crippen LogP contribution in [0.3, 0.4) is 0 Å². The first-order valence-corrected chi connectivity index (χ1v) is 9.83. The summed E-state index contributed by atoms with van der Waals surface area (Å²) in [6.45, 7) is 3.26. The molecule has 0 spiro atoms. The molecule has 1 fully saturated rings. The van der Waals surface area contributed by atoms with Crippen molar-refractivity contribution in [1.82, 2.24) is 15.1 Å². The fourth-order valence-electron chi connectivity index (χ4n) is 3.70. The first-order valence-electron chi connectivity index (χ1n) is 9.83. The molecule has 0 radical (unpaired) electrons. The Labute approximate surface area is 188 Å². The maximum absolute atomic E-state index is 13.0. The molecule has 0 aliphatic carbocycles. The molecule has 0 atom stereocenters. The minimum absolute atomic E-state index is 0. The van der Waals surface area contributed by atoms with Crippen molar-refractivity contribution >= 4 is 18.1 Å². The van der Waals surface area contributed by atoms with Gasteiger partial charge in [0.1, 0.15) is 0 Å². The molecule has 2 aliphatic rings. The van der Waals surface area contributed by atoms with Crippen molar-refractivity contribution < 1.29 is 27.1 Å². The Hall–Kier alpha value is -2.98. The highest BCUT2D eigenvalue weighted by Crippen LogP contribution is 2.35. The lowest BCUT2D eigenvalue weighted by Crippen LogP contribution is -2.46. The van der Waals surface area contributed by atoms with E-state index in [2.05, 4.69) is 15.1 Å². The van der Waals surface area contributed by atoms with Gasteiger partial charge in [-0.25, -0.2) is 0 Å². The van der Waals surface area contributed by atoms with Gasteiger partial charge in [0.25, 0.3) is 0 Å². The van der Waals surface area contributed by atoms with Gasteiger partial charge in [-0.15, -0.1) is 22.6 Å². The zero-order chi connectivity index (χ0) is 21.4. The molecule has 5 rings (SSSR count). The topological polar surface area (TPSA) is 63.9 Å². The van der Waals surface area contributed by atoms with Crippen LogP contribution in [0.1, 0.15) is 11.5 Å². The number of rotatable bonds is 4. The van der Waals surface area contributed by atoms with E-state index in [1.54, 1.807) is 18.2 Å². The number of alkyl halides is 3. The van der Waals surface area contributed by atoms with Crippen LogP contribution >= 0.6 is 12.4 Å². The molecule has 2 aromatic carbocycles. The standard InChI is InChI=1S/C21H19F3N4O3.ClH/c22-21(23,24)15-2-1-3-16(11-15)28-8-6-27(7-9-28)12-19-25-26-20(31-19)14-4-5-17-18(10-14)30-13-29-17;/h1-5,10-11H,6-9,12-13H2;1H. The summed E-state index contributed by atoms with van der Waals surface area (Å²) in [7, 11) is 0. The van der Waals surface area contributed by atoms with Crippen LogP contribution in [0, 0.1) is 0 Å². The zero-order valence-corrected chi connectivity index (χ0v) is 17.7. The number of nitrogens with zero attached hydrogens (tertiary/aromatic N) is 4. The average molecular weight is 469 g/mol. The average Bonchev–Trinajstić information content (AvgIpc) is 3.42. The Kier molecular flexibility index (Phi) is 6.16. The van der Waals surface area contributed by atoms with Gasteiger partial charge >= 0.3 is 6.18 Å². The van der Waals surface area contributed by atoms with Gasteiger partial charge in [0.15, 0.2) is 11.5 Å². The minimum Gasteiger partial charge on any atom is -0.454 e. The summed E-state index contributed by atoms with van der Waals surface area (Å²) in [6.07, 6.45) is -4.34. The number of piperazine rings is 1. The van der Waals surface area contributed by atoms with E-state index in [1.165, 1.54) is 12.1 Å². The van der Waals surface area contributed by atoms with Gasteiger partial charge in [0.2, 0.25) is 18.6 Å². The van der Waals surface area contributed by atoms with Crippen molar-refractivity contribution in [2.75, 3.05) is 37.9 Å². The van der Waals surface area contributed by atoms with Crippen LogP contribution in [-0.2, 0) is 12.7 Å². The van der Waals surface area contributed by atoms with Crippen molar-refractivity contribution in [1.29, 1.82) is 0 Å². The van der Waals surface area contributed by atoms with Gasteiger partial charge in [0.05, 0.1) is 12.1 Å². The maximum Gasteiger partial charge on any atom is 0.416 e. The molecule has 1 saturated heterocycles. The van der Waals surface area contributed by atoms with Gasteiger partial charge in [-0.05, 0) is 36.4 Å². The second-order valence-electron chi connectivity index (χ2n) is 7.38. The molecule has 0 bridgehead atoms. The lowest BCUT2D eigenvalue weighted by atomic mass is 10.1. The van der Waals surface area contributed by atoms with Crippen molar-refractivity contribution in [3.05, 3.63) is 53.9 Å². The summed E-state index contributed by atoms with van der Waals surface area (Å²) >= 11 is 0. The van der Waals surface area contributed by atoms with Gasteiger partial charge in [0, 0.05) is 37.4 Å². The van der Waals surface area contributed by atoms with E-state index < -0.39 is 11.7 Å². The van der Waals surface area contributed by atoms with Crippen LogP contribution in [0.15, 0.2) is 46.9 Å². The summed E-state index contributed by atoms with van der Waals surface area (Å²) in [5.74, 6) is 2.21. The SMILES string of the molecule is Cl.FC(F)(F)c1cccc(N2CCN(Cc3nnc(-c4ccc5c(c4)OCO5)o3)CC2)c1. The minimum atomic E-state index is -4.34. The fraction of sp³-hybridized carbons (Fsp3) is 0.333. The quantitative estimate of drug-likeness (QED) is 0.568. The molecule has 0 N–H and O–H groups in total. The van der Waals surface area contributed by atoms with E-state index >= 15 is 0 Å². The Morgan fingerprint density at radius 1 is 0.906 bits per heavy atom. The second kappa shape index (κ2) is 8.87. The van der Waals surface area contributed by atoms with Crippen LogP contribution in [-0.4, -0.2) is 48.1 Å². The number of aromatic nitrogens is 2. The predicted octanol–water partition coefficient (Wildman–Crippen LogP) is 4.23. The second-order valence-corrected chi connectivity index (χ2v) is 7.38. The number of benzene rings is 2. The molecule has 0 saturated carbocycles. The number of halogens is 4. The number of ether oxygens (including phenoxy) is 2. The Balaban J connectivity index is 0.00000245. The van der Waals surface area contributed by atoms with Crippen LogP contribution in [0.5, 0.6) is 11.5 Å². The van der Waals surface area contributed by atoms with Gasteiger partial charge in [-0.2, -0.15) is 13.2 Å². The molecule has 32 heavy (non-hydrogen) atoms. The van der Waals surface area contributed by atoms with Crippen molar-refractivity contribution in [3.8, 4) is 23.0 Å². The van der Waals surface area contributed by atoms with Crippen LogP contribution in [0.2, 0.25) is 0 Å². The third-order valence-electron chi connectivity index (χ3n) is 5.36. The molecule has 3 heterocycles. The molecular formula is C21H20ClF3N4O3. The first kappa shape index (κ1) is 22.2. The van der Waals surface area contributed by atoms with Gasteiger partial charge in [-0.3, -0.25) is 4.90 Å². The molecule has 170 valence electrons. The summed E-state index contributed by atoms with van der Waals surface area (Å²) in [5, 5.41) is 8.24. The van der Waals surface area contributed by atoms with Crippen LogP contribution < -0.4 is 14.4 Å². The normalized spacial score (nSPS) is 16.2. The molecule has 7 nitrogen and oxygen atoms in total. The molecule has 0 unspecified atom stereocenters. The predicted molar refractivity (Wildman–Crippen MR) is 112 cm³/mol. The van der Waals surface area contributed by atoms with E-state index in [4.69, 9.17) is 13.9 Å². The Morgan fingerprint density at radius 3 is 2.47 bits per heavy atom. The largest absolute Gasteiger partial charge is 0.454 e. The van der Waals surface area contributed by atoms with Gasteiger partial charge < -0.3 is 18.8 Å². The fourth-order valence-corrected chi connectivity index (χ4v) is 3.70. The summed E-state index contributed by atoms with van der Waals surface area (Å²) in [4.78, 5) is 4.10. The first-order chi connectivity index (χ1) is 15.0. The van der Waals surface area contributed by atoms with Crippen molar-refractivity contribution in [3.63, 3.8) is 0 Å². The number of anilines is 1. The molecule has 0 amide bonds. The third kappa shape index (κ3) is 4.61. The van der Waals surface area contributed by atoms with E-state index in [0.29, 0.717) is 61.7 Å². The molecule has 1 aromatic heterocycles. The van der Waals surface area contributed by atoms with E-state index in [0.717, 1.165) is 11.6 Å². The molecular weight excluding hydrogens is 449 g/mol. The Bertz CT molecular complexity index is 1080. The summed E-state index contributed by atoms with van der Waals surface area (Å²) < 4.78 is 55.4. The van der Waals surface area contributed by atoms with Crippen molar-refractivity contribution in [2.24, 2.45) is 0 Å². The van der Waals surface area contributed by atoms with E-state index in [-0.39, 0.29) is 19.2 Å². The van der Waals surface area contributed by atoms with Crippen LogP contribution in [0.25, 0.3) is 11.5 Å². The molecule has 11 heteroatoms. The highest BCUT2D eigenvalue weighted by atomic mass is 35.5. The lowest BCUT2D eigenvalue weighted by molar-refractivity contribution is -0.137. The van der Waals surface area contributed by atoms with Gasteiger partial charge in [-0.1, -0.05) is 6.07 Å². The smallest absolute Gasteiger partial charge is 0.416 e. The number of hydrogen-bond acceptors (Lipinski definition) is 7. The monoisotopic (exact) mass is 468 g/mol. The maximum atomic E-state index is 13.0. The van der Waals surface area contributed by atoms with Crippen molar-refractivity contribution in [2.45, 2.75) is 12.7 Å². The summed E-state index contributed by atoms with van der Waals surface area (Å²) in [6, 6.07) is 10.9. The van der Waals surface area contributed by atoms with Crippen LogP contribution in [0.4, 0.5) is 18.9 Å². The number of hydrogen-bond donors (Lipinski definition) is 0. The molecule has 3 aromatic rings. The Morgan fingerprint density at radius 2 is 1.69 bits per heavy atom. The summed E-state index contributed by atoms with van der Waals surface area (Å²) in [5.41, 5.74) is 0.698. The zero-order valence-electron chi connectivity index (χ0n) is 16.8. The highest BCUT2D eigenvalue weighted by Gasteiger charge is 2.31.